The molecule has 0 bridgehead atoms. The molecule has 144 valence electrons. The number of hydrogen-bond donors (Lipinski definition) is 2. The number of piperidine rings is 1. The molecule has 3 N–H and O–H groups in total. The van der Waals surface area contributed by atoms with E-state index >= 15 is 0 Å². The molecule has 0 atom stereocenters. The van der Waals surface area contributed by atoms with Gasteiger partial charge in [0, 0.05) is 30.8 Å². The quantitative estimate of drug-likeness (QED) is 0.746. The molecule has 2 aliphatic heterocycles. The summed E-state index contributed by atoms with van der Waals surface area (Å²) in [6.45, 7) is 3.47. The molecular weight excluding hydrogens is 386 g/mol. The Labute approximate surface area is 167 Å². The first kappa shape index (κ1) is 18.7. The normalized spacial score (nSPS) is 19.0. The average molecular weight is 408 g/mol. The molecule has 0 aromatic carbocycles. The highest BCUT2D eigenvalue weighted by molar-refractivity contribution is 7.99. The van der Waals surface area contributed by atoms with Crippen molar-refractivity contribution in [1.82, 2.24) is 15.0 Å². The predicted molar refractivity (Wildman–Crippen MR) is 105 cm³/mol. The van der Waals surface area contributed by atoms with Gasteiger partial charge >= 0.3 is 0 Å². The molecule has 2 aliphatic rings. The number of halogens is 1. The van der Waals surface area contributed by atoms with Gasteiger partial charge in [-0.1, -0.05) is 11.6 Å². The van der Waals surface area contributed by atoms with Gasteiger partial charge in [0.1, 0.15) is 5.82 Å². The van der Waals surface area contributed by atoms with Crippen molar-refractivity contribution in [2.45, 2.75) is 35.9 Å². The Morgan fingerprint density at radius 3 is 2.81 bits per heavy atom. The highest BCUT2D eigenvalue weighted by Crippen LogP contribution is 2.41. The minimum absolute atomic E-state index is 0.137. The molecule has 0 aliphatic carbocycles. The molecule has 2 fully saturated rings. The van der Waals surface area contributed by atoms with Crippen molar-refractivity contribution in [3.63, 3.8) is 0 Å². The van der Waals surface area contributed by atoms with Gasteiger partial charge in [-0.25, -0.2) is 15.0 Å². The Morgan fingerprint density at radius 1 is 1.30 bits per heavy atom. The lowest BCUT2D eigenvalue weighted by Gasteiger charge is -2.39. The van der Waals surface area contributed by atoms with E-state index in [1.165, 1.54) is 11.8 Å². The van der Waals surface area contributed by atoms with Crippen molar-refractivity contribution in [3.8, 4) is 0 Å². The number of rotatable bonds is 4. The van der Waals surface area contributed by atoms with E-state index < -0.39 is 0 Å². The van der Waals surface area contributed by atoms with E-state index in [9.17, 15) is 5.11 Å². The molecule has 0 saturated carbocycles. The molecule has 7 nitrogen and oxygen atoms in total. The van der Waals surface area contributed by atoms with E-state index in [-0.39, 0.29) is 12.4 Å². The number of nitrogen functional groups attached to an aromatic ring is 1. The lowest BCUT2D eigenvalue weighted by atomic mass is 9.78. The lowest BCUT2D eigenvalue weighted by Crippen LogP contribution is -2.41. The second kappa shape index (κ2) is 7.79. The zero-order valence-corrected chi connectivity index (χ0v) is 16.5. The summed E-state index contributed by atoms with van der Waals surface area (Å²) in [4.78, 5) is 16.0. The van der Waals surface area contributed by atoms with Crippen molar-refractivity contribution in [1.29, 1.82) is 0 Å². The van der Waals surface area contributed by atoms with E-state index in [1.807, 2.05) is 0 Å². The van der Waals surface area contributed by atoms with E-state index in [0.717, 1.165) is 56.1 Å². The van der Waals surface area contributed by atoms with Gasteiger partial charge in [0.25, 0.3) is 0 Å². The van der Waals surface area contributed by atoms with E-state index in [1.54, 1.807) is 18.5 Å². The molecule has 0 radical (unpaired) electrons. The number of ether oxygens (including phenoxy) is 1. The minimum atomic E-state index is -0.137. The molecule has 0 unspecified atom stereocenters. The molecule has 2 aromatic heterocycles. The minimum Gasteiger partial charge on any atom is -0.390 e. The van der Waals surface area contributed by atoms with Crippen LogP contribution in [0, 0.1) is 5.41 Å². The number of pyridine rings is 1. The number of hydrogen-bond acceptors (Lipinski definition) is 8. The smallest absolute Gasteiger partial charge is 0.192 e. The predicted octanol–water partition coefficient (Wildman–Crippen LogP) is 2.76. The van der Waals surface area contributed by atoms with Crippen LogP contribution in [-0.4, -0.2) is 46.4 Å². The summed E-state index contributed by atoms with van der Waals surface area (Å²) in [5.74, 6) is 0.277. The summed E-state index contributed by atoms with van der Waals surface area (Å²) < 4.78 is 5.60. The van der Waals surface area contributed by atoms with Crippen molar-refractivity contribution in [3.05, 3.63) is 29.2 Å². The van der Waals surface area contributed by atoms with Crippen LogP contribution in [0.25, 0.3) is 0 Å². The first-order valence-electron chi connectivity index (χ1n) is 8.97. The monoisotopic (exact) mass is 407 g/mol. The summed E-state index contributed by atoms with van der Waals surface area (Å²) in [5.41, 5.74) is 7.61. The first-order chi connectivity index (χ1) is 13.1. The maximum atomic E-state index is 9.84. The maximum absolute atomic E-state index is 9.84. The van der Waals surface area contributed by atoms with Gasteiger partial charge in [0.15, 0.2) is 5.16 Å². The van der Waals surface area contributed by atoms with Gasteiger partial charge in [-0.15, -0.1) is 0 Å². The number of aromatic nitrogens is 3. The third-order valence-corrected chi connectivity index (χ3v) is 6.85. The summed E-state index contributed by atoms with van der Waals surface area (Å²) >= 11 is 7.51. The molecular formula is C18H22ClN5O2S. The van der Waals surface area contributed by atoms with Crippen LogP contribution in [0.3, 0.4) is 0 Å². The van der Waals surface area contributed by atoms with E-state index in [4.69, 9.17) is 22.1 Å². The van der Waals surface area contributed by atoms with Crippen LogP contribution in [0.2, 0.25) is 5.02 Å². The van der Waals surface area contributed by atoms with Gasteiger partial charge in [-0.3, -0.25) is 0 Å². The molecule has 27 heavy (non-hydrogen) atoms. The topological polar surface area (TPSA) is 97.4 Å². The fourth-order valence-corrected chi connectivity index (χ4v) is 4.72. The van der Waals surface area contributed by atoms with Gasteiger partial charge in [-0.05, 0) is 42.5 Å². The Kier molecular flexibility index (Phi) is 5.41. The maximum Gasteiger partial charge on any atom is 0.192 e. The molecule has 0 amide bonds. The SMILES string of the molecule is Nc1nccc(Sc2ncc(N3CCC4(CCOC4)CC3)c(CO)n2)c1Cl. The summed E-state index contributed by atoms with van der Waals surface area (Å²) in [6.07, 6.45) is 6.74. The Balaban J connectivity index is 1.51. The second-order valence-electron chi connectivity index (χ2n) is 7.04. The number of nitrogens with two attached hydrogens (primary N) is 1. The van der Waals surface area contributed by atoms with Gasteiger partial charge in [-0.2, -0.15) is 0 Å². The second-order valence-corrected chi connectivity index (χ2v) is 8.43. The van der Waals surface area contributed by atoms with Crippen LogP contribution in [0.1, 0.15) is 25.0 Å². The third-order valence-electron chi connectivity index (χ3n) is 5.41. The molecule has 4 rings (SSSR count). The summed E-state index contributed by atoms with van der Waals surface area (Å²) in [5, 5.41) is 10.8. The zero-order valence-electron chi connectivity index (χ0n) is 14.9. The Hall–Kier alpha value is -1.61. The zero-order chi connectivity index (χ0) is 18.9. The lowest BCUT2D eigenvalue weighted by molar-refractivity contribution is 0.133. The first-order valence-corrected chi connectivity index (χ1v) is 10.2. The average Bonchev–Trinajstić information content (AvgIpc) is 3.14. The fraction of sp³-hybridized carbons (Fsp3) is 0.500. The van der Waals surface area contributed by atoms with Crippen LogP contribution in [0.15, 0.2) is 28.5 Å². The third kappa shape index (κ3) is 3.85. The fourth-order valence-electron chi connectivity index (χ4n) is 3.71. The van der Waals surface area contributed by atoms with Crippen LogP contribution in [0.4, 0.5) is 11.5 Å². The highest BCUT2D eigenvalue weighted by atomic mass is 35.5. The van der Waals surface area contributed by atoms with Crippen molar-refractivity contribution < 1.29 is 9.84 Å². The van der Waals surface area contributed by atoms with Gasteiger partial charge in [0.2, 0.25) is 0 Å². The Bertz CT molecular complexity index is 821. The number of anilines is 2. The molecule has 9 heteroatoms. The van der Waals surface area contributed by atoms with Crippen LogP contribution in [-0.2, 0) is 11.3 Å². The number of aliphatic hydroxyl groups excluding tert-OH is 1. The van der Waals surface area contributed by atoms with Gasteiger partial charge in [0.05, 0.1) is 35.8 Å². The van der Waals surface area contributed by atoms with E-state index in [0.29, 0.717) is 21.3 Å². The molecule has 2 aromatic rings. The van der Waals surface area contributed by atoms with E-state index in [2.05, 4.69) is 19.9 Å². The Morgan fingerprint density at radius 2 is 2.11 bits per heavy atom. The molecule has 1 spiro atoms. The van der Waals surface area contributed by atoms with Crippen LogP contribution >= 0.6 is 23.4 Å². The largest absolute Gasteiger partial charge is 0.390 e. The van der Waals surface area contributed by atoms with Crippen LogP contribution in [0.5, 0.6) is 0 Å². The van der Waals surface area contributed by atoms with Crippen molar-refractivity contribution in [2.75, 3.05) is 36.9 Å². The number of aliphatic hydroxyl groups is 1. The summed E-state index contributed by atoms with van der Waals surface area (Å²) in [6, 6.07) is 1.77. The standard InChI is InChI=1S/C18H22ClN5O2S/c19-15-14(1-5-21-16(15)20)27-17-22-9-13(12(10-25)23-17)24-6-2-18(3-7-24)4-8-26-11-18/h1,5,9,25H,2-4,6-8,10-11H2,(H2,20,21). The van der Waals surface area contributed by atoms with Gasteiger partial charge < -0.3 is 20.5 Å². The van der Waals surface area contributed by atoms with Crippen molar-refractivity contribution in [2.24, 2.45) is 5.41 Å². The molecule has 4 heterocycles. The van der Waals surface area contributed by atoms with Crippen LogP contribution < -0.4 is 10.6 Å². The molecule has 2 saturated heterocycles. The highest BCUT2D eigenvalue weighted by Gasteiger charge is 2.38. The number of nitrogens with zero attached hydrogens (tertiary/aromatic N) is 4. The van der Waals surface area contributed by atoms with Crippen molar-refractivity contribution >= 4 is 34.9 Å². The summed E-state index contributed by atoms with van der Waals surface area (Å²) in [7, 11) is 0.